The zero-order chi connectivity index (χ0) is 13.2. The largest absolute Gasteiger partial charge is 0.352 e. The van der Waals surface area contributed by atoms with Crippen molar-refractivity contribution in [3.63, 3.8) is 0 Å². The highest BCUT2D eigenvalue weighted by molar-refractivity contribution is 9.10. The number of nitrogens with zero attached hydrogens (tertiary/aromatic N) is 2. The summed E-state index contributed by atoms with van der Waals surface area (Å²) in [4.78, 5) is 7.11. The third-order valence-electron chi connectivity index (χ3n) is 4.17. The van der Waals surface area contributed by atoms with Gasteiger partial charge < -0.3 is 10.2 Å². The maximum Gasteiger partial charge on any atom is 0.129 e. The fourth-order valence-electron chi connectivity index (χ4n) is 2.79. The predicted octanol–water partition coefficient (Wildman–Crippen LogP) is 3.26. The van der Waals surface area contributed by atoms with Gasteiger partial charge in [-0.2, -0.15) is 0 Å². The van der Waals surface area contributed by atoms with Crippen LogP contribution in [0.3, 0.4) is 0 Å². The molecule has 1 aliphatic carbocycles. The second kappa shape index (κ2) is 5.80. The highest BCUT2D eigenvalue weighted by Gasteiger charge is 2.27. The van der Waals surface area contributed by atoms with Crippen molar-refractivity contribution >= 4 is 21.7 Å². The van der Waals surface area contributed by atoms with E-state index in [1.807, 2.05) is 6.20 Å². The molecule has 0 radical (unpaired) electrons. The second-order valence-electron chi connectivity index (χ2n) is 5.82. The summed E-state index contributed by atoms with van der Waals surface area (Å²) in [5, 5.41) is 3.67. The van der Waals surface area contributed by atoms with Crippen molar-refractivity contribution in [2.75, 3.05) is 18.0 Å². The Hall–Kier alpha value is -0.610. The molecule has 4 heteroatoms. The number of piperidine rings is 1. The van der Waals surface area contributed by atoms with E-state index in [0.29, 0.717) is 6.04 Å². The summed E-state index contributed by atoms with van der Waals surface area (Å²) in [6.07, 6.45) is 8.59. The van der Waals surface area contributed by atoms with E-state index < -0.39 is 0 Å². The van der Waals surface area contributed by atoms with Crippen molar-refractivity contribution in [3.8, 4) is 0 Å². The molecule has 0 aromatic carbocycles. The van der Waals surface area contributed by atoms with Crippen LogP contribution in [0.1, 0.15) is 37.7 Å². The Bertz CT molecular complexity index is 445. The van der Waals surface area contributed by atoms with Gasteiger partial charge in [-0.25, -0.2) is 4.98 Å². The number of nitrogens with one attached hydrogen (secondary N) is 1. The third kappa shape index (κ3) is 3.29. The van der Waals surface area contributed by atoms with Crippen LogP contribution < -0.4 is 10.2 Å². The molecular weight excluding hydrogens is 302 g/mol. The first-order valence-corrected chi connectivity index (χ1v) is 8.15. The number of halogens is 1. The molecule has 3 nitrogen and oxygen atoms in total. The highest BCUT2D eigenvalue weighted by Crippen LogP contribution is 2.27. The van der Waals surface area contributed by atoms with E-state index >= 15 is 0 Å². The standard InChI is InChI=1S/C15H22BrN3/c1-11-8-15(18-10-14(11)16)19-7-3-2-4-13(19)9-17-12-5-6-12/h8,10,12-13,17H,2-7,9H2,1H3. The van der Waals surface area contributed by atoms with Gasteiger partial charge >= 0.3 is 0 Å². The van der Waals surface area contributed by atoms with Gasteiger partial charge in [0, 0.05) is 35.8 Å². The van der Waals surface area contributed by atoms with Crippen molar-refractivity contribution in [1.29, 1.82) is 0 Å². The fraction of sp³-hybridized carbons (Fsp3) is 0.667. The van der Waals surface area contributed by atoms with Crippen LogP contribution in [0.2, 0.25) is 0 Å². The Morgan fingerprint density at radius 3 is 2.95 bits per heavy atom. The minimum absolute atomic E-state index is 0.613. The van der Waals surface area contributed by atoms with Crippen molar-refractivity contribution < 1.29 is 0 Å². The number of aromatic nitrogens is 1. The molecule has 1 aliphatic heterocycles. The zero-order valence-corrected chi connectivity index (χ0v) is 13.1. The lowest BCUT2D eigenvalue weighted by Crippen LogP contribution is -2.46. The number of aryl methyl sites for hydroxylation is 1. The minimum atomic E-state index is 0.613. The molecule has 2 aliphatic rings. The van der Waals surface area contributed by atoms with E-state index in [1.54, 1.807) is 0 Å². The number of anilines is 1. The summed E-state index contributed by atoms with van der Waals surface area (Å²) in [6, 6.07) is 3.62. The SMILES string of the molecule is Cc1cc(N2CCCCC2CNC2CC2)ncc1Br. The average Bonchev–Trinajstić information content (AvgIpc) is 3.24. The molecule has 1 aromatic heterocycles. The number of hydrogen-bond donors (Lipinski definition) is 1. The van der Waals surface area contributed by atoms with Gasteiger partial charge in [-0.3, -0.25) is 0 Å². The van der Waals surface area contributed by atoms with Gasteiger partial charge in [-0.1, -0.05) is 0 Å². The van der Waals surface area contributed by atoms with Crippen LogP contribution in [0.5, 0.6) is 0 Å². The molecule has 1 atom stereocenters. The van der Waals surface area contributed by atoms with E-state index in [9.17, 15) is 0 Å². The van der Waals surface area contributed by atoms with Crippen molar-refractivity contribution in [2.45, 2.75) is 51.1 Å². The first-order valence-electron chi connectivity index (χ1n) is 7.36. The minimum Gasteiger partial charge on any atom is -0.352 e. The van der Waals surface area contributed by atoms with Crippen LogP contribution in [-0.4, -0.2) is 30.2 Å². The lowest BCUT2D eigenvalue weighted by molar-refractivity contribution is 0.431. The average molecular weight is 324 g/mol. The summed E-state index contributed by atoms with van der Waals surface area (Å²) in [5.74, 6) is 1.14. The van der Waals surface area contributed by atoms with E-state index in [-0.39, 0.29) is 0 Å². The van der Waals surface area contributed by atoms with Gasteiger partial charge in [0.2, 0.25) is 0 Å². The molecule has 19 heavy (non-hydrogen) atoms. The number of rotatable bonds is 4. The molecule has 1 N–H and O–H groups in total. The van der Waals surface area contributed by atoms with Gasteiger partial charge in [0.05, 0.1) is 0 Å². The molecule has 3 rings (SSSR count). The van der Waals surface area contributed by atoms with Gasteiger partial charge in [0.15, 0.2) is 0 Å². The highest BCUT2D eigenvalue weighted by atomic mass is 79.9. The third-order valence-corrected chi connectivity index (χ3v) is 5.00. The van der Waals surface area contributed by atoms with Crippen molar-refractivity contribution in [1.82, 2.24) is 10.3 Å². The van der Waals surface area contributed by atoms with Gasteiger partial charge in [-0.15, -0.1) is 0 Å². The van der Waals surface area contributed by atoms with Crippen LogP contribution >= 0.6 is 15.9 Å². The molecule has 1 saturated carbocycles. The van der Waals surface area contributed by atoms with Gasteiger partial charge in [0.1, 0.15) is 5.82 Å². The van der Waals surface area contributed by atoms with Crippen LogP contribution in [0.25, 0.3) is 0 Å². The summed E-state index contributed by atoms with van der Waals surface area (Å²) >= 11 is 3.53. The number of hydrogen-bond acceptors (Lipinski definition) is 3. The molecule has 2 heterocycles. The topological polar surface area (TPSA) is 28.2 Å². The Morgan fingerprint density at radius 1 is 1.37 bits per heavy atom. The van der Waals surface area contributed by atoms with Crippen LogP contribution in [0, 0.1) is 6.92 Å². The number of pyridine rings is 1. The molecular formula is C15H22BrN3. The van der Waals surface area contributed by atoms with E-state index in [1.165, 1.54) is 37.7 Å². The molecule has 1 aromatic rings. The maximum absolute atomic E-state index is 4.61. The molecule has 104 valence electrons. The molecule has 0 amide bonds. The predicted molar refractivity (Wildman–Crippen MR) is 82.7 cm³/mol. The quantitative estimate of drug-likeness (QED) is 0.921. The lowest BCUT2D eigenvalue weighted by atomic mass is 10.0. The molecule has 1 unspecified atom stereocenters. The van der Waals surface area contributed by atoms with E-state index in [4.69, 9.17) is 0 Å². The second-order valence-corrected chi connectivity index (χ2v) is 6.67. The summed E-state index contributed by atoms with van der Waals surface area (Å²) in [6.45, 7) is 4.39. The normalized spacial score (nSPS) is 23.7. The zero-order valence-electron chi connectivity index (χ0n) is 11.5. The Kier molecular flexibility index (Phi) is 4.08. The maximum atomic E-state index is 4.61. The van der Waals surface area contributed by atoms with Crippen molar-refractivity contribution in [2.24, 2.45) is 0 Å². The summed E-state index contributed by atoms with van der Waals surface area (Å²) in [7, 11) is 0. The molecule has 0 spiro atoms. The molecule has 0 bridgehead atoms. The first kappa shape index (κ1) is 13.4. The van der Waals surface area contributed by atoms with Crippen molar-refractivity contribution in [3.05, 3.63) is 22.3 Å². The van der Waals surface area contributed by atoms with E-state index in [0.717, 1.165) is 29.4 Å². The molecule has 2 fully saturated rings. The monoisotopic (exact) mass is 323 g/mol. The Morgan fingerprint density at radius 2 is 2.21 bits per heavy atom. The molecule has 1 saturated heterocycles. The fourth-order valence-corrected chi connectivity index (χ4v) is 3.00. The van der Waals surface area contributed by atoms with Crippen LogP contribution in [0.15, 0.2) is 16.7 Å². The van der Waals surface area contributed by atoms with Gasteiger partial charge in [0.25, 0.3) is 0 Å². The smallest absolute Gasteiger partial charge is 0.129 e. The first-order chi connectivity index (χ1) is 9.24. The van der Waals surface area contributed by atoms with Gasteiger partial charge in [-0.05, 0) is 66.6 Å². The van der Waals surface area contributed by atoms with Crippen LogP contribution in [-0.2, 0) is 0 Å². The Labute approximate surface area is 123 Å². The Balaban J connectivity index is 1.72. The summed E-state index contributed by atoms with van der Waals surface area (Å²) in [5.41, 5.74) is 1.27. The lowest BCUT2D eigenvalue weighted by Gasteiger charge is -2.37. The van der Waals surface area contributed by atoms with E-state index in [2.05, 4.69) is 44.1 Å². The summed E-state index contributed by atoms with van der Waals surface area (Å²) < 4.78 is 1.10. The van der Waals surface area contributed by atoms with Crippen LogP contribution in [0.4, 0.5) is 5.82 Å².